The Morgan fingerprint density at radius 3 is 2.60 bits per heavy atom. The van der Waals surface area contributed by atoms with Gasteiger partial charge >= 0.3 is 0 Å². The topological polar surface area (TPSA) is 111 Å². The van der Waals surface area contributed by atoms with Crippen LogP contribution in [0.15, 0.2) is 45.1 Å². The van der Waals surface area contributed by atoms with Crippen LogP contribution in [-0.4, -0.2) is 26.1 Å². The van der Waals surface area contributed by atoms with Crippen LogP contribution in [0.2, 0.25) is 0 Å². The lowest BCUT2D eigenvalue weighted by Crippen LogP contribution is -2.11. The SMILES string of the molecule is CCOc1ccc(NS(=O)(=O)c2ccc(C=Cc3onc(C)c3NC(C)=O)s2)cc1. The van der Waals surface area contributed by atoms with Crippen molar-refractivity contribution in [2.24, 2.45) is 0 Å². The number of rotatable bonds is 8. The van der Waals surface area contributed by atoms with Gasteiger partial charge in [-0.2, -0.15) is 0 Å². The minimum atomic E-state index is -3.72. The van der Waals surface area contributed by atoms with Gasteiger partial charge in [-0.1, -0.05) is 5.16 Å². The first-order valence-electron chi connectivity index (χ1n) is 9.06. The largest absolute Gasteiger partial charge is 0.494 e. The molecule has 0 aliphatic rings. The number of nitrogens with zero attached hydrogens (tertiary/aromatic N) is 1. The number of nitrogens with one attached hydrogen (secondary N) is 2. The van der Waals surface area contributed by atoms with E-state index in [0.717, 1.165) is 11.3 Å². The Morgan fingerprint density at radius 2 is 1.93 bits per heavy atom. The molecule has 2 heterocycles. The molecule has 3 rings (SSSR count). The molecule has 0 saturated carbocycles. The number of anilines is 2. The number of aryl methyl sites for hydroxylation is 1. The Bertz CT molecular complexity index is 1160. The summed E-state index contributed by atoms with van der Waals surface area (Å²) in [6.45, 7) is 5.53. The molecule has 0 radical (unpaired) electrons. The van der Waals surface area contributed by atoms with Crippen LogP contribution in [0.5, 0.6) is 5.75 Å². The molecule has 1 aromatic carbocycles. The van der Waals surface area contributed by atoms with Crippen molar-refractivity contribution in [1.29, 1.82) is 0 Å². The summed E-state index contributed by atoms with van der Waals surface area (Å²) in [5.41, 5.74) is 1.49. The van der Waals surface area contributed by atoms with E-state index in [4.69, 9.17) is 9.26 Å². The van der Waals surface area contributed by atoms with Crippen molar-refractivity contribution < 1.29 is 22.5 Å². The van der Waals surface area contributed by atoms with E-state index >= 15 is 0 Å². The highest BCUT2D eigenvalue weighted by Crippen LogP contribution is 2.28. The molecule has 0 spiro atoms. The average Bonchev–Trinajstić information content (AvgIpc) is 3.30. The molecular weight excluding hydrogens is 426 g/mol. The highest BCUT2D eigenvalue weighted by atomic mass is 32.2. The van der Waals surface area contributed by atoms with E-state index in [9.17, 15) is 13.2 Å². The zero-order chi connectivity index (χ0) is 21.7. The predicted octanol–water partition coefficient (Wildman–Crippen LogP) is 4.37. The summed E-state index contributed by atoms with van der Waals surface area (Å²) in [7, 11) is -3.72. The zero-order valence-electron chi connectivity index (χ0n) is 16.6. The molecule has 8 nitrogen and oxygen atoms in total. The molecule has 30 heavy (non-hydrogen) atoms. The van der Waals surface area contributed by atoms with Gasteiger partial charge in [0, 0.05) is 17.5 Å². The van der Waals surface area contributed by atoms with E-state index in [1.165, 1.54) is 13.0 Å². The number of hydrogen-bond acceptors (Lipinski definition) is 7. The van der Waals surface area contributed by atoms with Crippen LogP contribution in [0, 0.1) is 6.92 Å². The normalized spacial score (nSPS) is 11.6. The number of hydrogen-bond donors (Lipinski definition) is 2. The van der Waals surface area contributed by atoms with Gasteiger partial charge in [0.1, 0.15) is 21.3 Å². The molecule has 3 aromatic rings. The van der Waals surface area contributed by atoms with E-state index in [0.29, 0.717) is 40.1 Å². The van der Waals surface area contributed by atoms with E-state index in [-0.39, 0.29) is 10.1 Å². The predicted molar refractivity (Wildman–Crippen MR) is 117 cm³/mol. The maximum atomic E-state index is 12.6. The third-order valence-corrected chi connectivity index (χ3v) is 6.80. The molecule has 0 saturated heterocycles. The third kappa shape index (κ3) is 5.28. The van der Waals surface area contributed by atoms with Gasteiger partial charge in [0.2, 0.25) is 5.91 Å². The minimum absolute atomic E-state index is 0.173. The summed E-state index contributed by atoms with van der Waals surface area (Å²) < 4.78 is 38.6. The Balaban J connectivity index is 1.74. The Morgan fingerprint density at radius 1 is 1.20 bits per heavy atom. The fourth-order valence-corrected chi connectivity index (χ4v) is 4.83. The summed E-state index contributed by atoms with van der Waals surface area (Å²) in [6.07, 6.45) is 3.33. The van der Waals surface area contributed by atoms with Crippen LogP contribution in [0.1, 0.15) is 30.2 Å². The van der Waals surface area contributed by atoms with Gasteiger partial charge in [0.15, 0.2) is 5.76 Å². The van der Waals surface area contributed by atoms with Gasteiger partial charge < -0.3 is 14.6 Å². The second-order valence-corrected chi connectivity index (χ2v) is 9.27. The van der Waals surface area contributed by atoms with Crippen LogP contribution in [0.25, 0.3) is 12.2 Å². The molecule has 0 atom stereocenters. The first-order valence-corrected chi connectivity index (χ1v) is 11.4. The molecule has 158 valence electrons. The van der Waals surface area contributed by atoms with Gasteiger partial charge in [-0.25, -0.2) is 8.42 Å². The van der Waals surface area contributed by atoms with Gasteiger partial charge in [0.05, 0.1) is 6.61 Å². The molecule has 0 bridgehead atoms. The van der Waals surface area contributed by atoms with Crippen LogP contribution < -0.4 is 14.8 Å². The molecule has 0 unspecified atom stereocenters. The highest BCUT2D eigenvalue weighted by Gasteiger charge is 2.17. The summed E-state index contributed by atoms with van der Waals surface area (Å²) >= 11 is 1.10. The molecule has 2 aromatic heterocycles. The third-order valence-electron chi connectivity index (χ3n) is 3.87. The summed E-state index contributed by atoms with van der Waals surface area (Å²) in [6, 6.07) is 9.92. The monoisotopic (exact) mass is 447 g/mol. The molecule has 0 aliphatic carbocycles. The highest BCUT2D eigenvalue weighted by molar-refractivity contribution is 7.94. The second-order valence-electron chi connectivity index (χ2n) is 6.24. The van der Waals surface area contributed by atoms with Crippen molar-refractivity contribution >= 4 is 50.8 Å². The Hall–Kier alpha value is -3.11. The maximum Gasteiger partial charge on any atom is 0.271 e. The smallest absolute Gasteiger partial charge is 0.271 e. The number of carbonyl (C=O) groups is 1. The number of sulfonamides is 1. The summed E-state index contributed by atoms with van der Waals surface area (Å²) in [5, 5.41) is 6.51. The molecule has 0 fully saturated rings. The van der Waals surface area contributed by atoms with Gasteiger partial charge in [-0.3, -0.25) is 9.52 Å². The number of amides is 1. The zero-order valence-corrected chi connectivity index (χ0v) is 18.3. The fourth-order valence-electron chi connectivity index (χ4n) is 2.55. The number of thiophene rings is 1. The molecule has 2 N–H and O–H groups in total. The number of benzene rings is 1. The quantitative estimate of drug-likeness (QED) is 0.530. The van der Waals surface area contributed by atoms with Crippen LogP contribution in [0.4, 0.5) is 11.4 Å². The van der Waals surface area contributed by atoms with Crippen molar-refractivity contribution in [2.45, 2.75) is 25.0 Å². The summed E-state index contributed by atoms with van der Waals surface area (Å²) in [5.74, 6) is 0.819. The van der Waals surface area contributed by atoms with Gasteiger partial charge in [0.25, 0.3) is 10.0 Å². The van der Waals surface area contributed by atoms with E-state index in [1.807, 2.05) is 6.92 Å². The summed E-state index contributed by atoms with van der Waals surface area (Å²) in [4.78, 5) is 12.0. The standard InChI is InChI=1S/C20H21N3O5S2/c1-4-27-16-7-5-15(6-8-16)23-30(25,26)19-12-10-17(29-19)9-11-18-20(21-14(3)24)13(2)22-28-18/h5-12,23H,4H2,1-3H3,(H,21,24). The van der Waals surface area contributed by atoms with Crippen LogP contribution in [-0.2, 0) is 14.8 Å². The van der Waals surface area contributed by atoms with E-state index < -0.39 is 10.0 Å². The molecule has 0 aliphatic heterocycles. The lowest BCUT2D eigenvalue weighted by molar-refractivity contribution is -0.114. The average molecular weight is 448 g/mol. The lowest BCUT2D eigenvalue weighted by atomic mass is 10.2. The number of carbonyl (C=O) groups excluding carboxylic acids is 1. The van der Waals surface area contributed by atoms with Crippen molar-refractivity contribution in [3.8, 4) is 5.75 Å². The second kappa shape index (κ2) is 9.14. The van der Waals surface area contributed by atoms with Crippen molar-refractivity contribution in [3.05, 3.63) is 52.7 Å². The molecule has 10 heteroatoms. The molecular formula is C20H21N3O5S2. The van der Waals surface area contributed by atoms with Gasteiger partial charge in [-0.15, -0.1) is 11.3 Å². The first kappa shape index (κ1) is 21.6. The fraction of sp³-hybridized carbons (Fsp3) is 0.200. The van der Waals surface area contributed by atoms with Crippen molar-refractivity contribution in [3.63, 3.8) is 0 Å². The maximum absolute atomic E-state index is 12.6. The number of ether oxygens (including phenoxy) is 1. The van der Waals surface area contributed by atoms with E-state index in [1.54, 1.807) is 49.4 Å². The number of aromatic nitrogens is 1. The lowest BCUT2D eigenvalue weighted by Gasteiger charge is -2.07. The Kier molecular flexibility index (Phi) is 6.58. The van der Waals surface area contributed by atoms with Crippen molar-refractivity contribution in [2.75, 3.05) is 16.6 Å². The Labute approximate surface area is 178 Å². The minimum Gasteiger partial charge on any atom is -0.494 e. The van der Waals surface area contributed by atoms with Gasteiger partial charge in [-0.05, 0) is 62.4 Å². The first-order chi connectivity index (χ1) is 14.3. The van der Waals surface area contributed by atoms with Crippen molar-refractivity contribution in [1.82, 2.24) is 5.16 Å². The van der Waals surface area contributed by atoms with Crippen LogP contribution >= 0.6 is 11.3 Å². The van der Waals surface area contributed by atoms with E-state index in [2.05, 4.69) is 15.2 Å². The molecule has 1 amide bonds. The van der Waals surface area contributed by atoms with Crippen LogP contribution in [0.3, 0.4) is 0 Å².